The average molecular weight is 395 g/mol. The summed E-state index contributed by atoms with van der Waals surface area (Å²) in [7, 11) is 0. The molecule has 3 aromatic heterocycles. The Kier molecular flexibility index (Phi) is 5.13. The van der Waals surface area contributed by atoms with Gasteiger partial charge in [0, 0.05) is 34.4 Å². The van der Waals surface area contributed by atoms with Gasteiger partial charge < -0.3 is 9.88 Å². The highest BCUT2D eigenvalue weighted by atomic mass is 32.1. The number of carbonyl (C=O) groups is 1. The van der Waals surface area contributed by atoms with Gasteiger partial charge in [0.2, 0.25) is 5.91 Å². The first-order valence-corrected chi connectivity index (χ1v) is 10.4. The van der Waals surface area contributed by atoms with Crippen LogP contribution in [0.3, 0.4) is 0 Å². The van der Waals surface area contributed by atoms with Crippen LogP contribution in [-0.2, 0) is 11.2 Å². The Bertz CT molecular complexity index is 1000. The Balaban J connectivity index is 1.36. The summed E-state index contributed by atoms with van der Waals surface area (Å²) < 4.78 is 1.94. The van der Waals surface area contributed by atoms with E-state index >= 15 is 0 Å². The van der Waals surface area contributed by atoms with Crippen LogP contribution < -0.4 is 5.32 Å². The minimum Gasteiger partial charge on any atom is -0.349 e. The molecule has 0 radical (unpaired) electrons. The highest BCUT2D eigenvalue weighted by molar-refractivity contribution is 7.14. The molecular formula is C20H18N4OS2. The summed E-state index contributed by atoms with van der Waals surface area (Å²) in [6, 6.07) is 10.1. The van der Waals surface area contributed by atoms with E-state index in [0.717, 1.165) is 27.5 Å². The van der Waals surface area contributed by atoms with Crippen molar-refractivity contribution in [2.75, 3.05) is 0 Å². The molecule has 3 heterocycles. The predicted octanol–water partition coefficient (Wildman–Crippen LogP) is 4.48. The van der Waals surface area contributed by atoms with Gasteiger partial charge in [-0.1, -0.05) is 12.1 Å². The molecule has 1 aromatic carbocycles. The monoisotopic (exact) mass is 394 g/mol. The van der Waals surface area contributed by atoms with E-state index in [9.17, 15) is 4.79 Å². The first kappa shape index (κ1) is 17.6. The predicted molar refractivity (Wildman–Crippen MR) is 109 cm³/mol. The molecule has 5 nitrogen and oxygen atoms in total. The first-order chi connectivity index (χ1) is 13.2. The SMILES string of the molecule is C[C@H](NC(=O)Cc1csc(-c2ccsc2)n1)c1ccc(-n2ccnc2)cc1. The van der Waals surface area contributed by atoms with Crippen LogP contribution >= 0.6 is 22.7 Å². The fourth-order valence-electron chi connectivity index (χ4n) is 2.79. The standard InChI is InChI=1S/C20H18N4OS2/c1-14(15-2-4-18(5-3-15)24-8-7-21-13-24)22-19(25)10-17-12-27-20(23-17)16-6-9-26-11-16/h2-9,11-14H,10H2,1H3,(H,22,25)/t14-/m0/s1. The lowest BCUT2D eigenvalue weighted by Crippen LogP contribution is -2.28. The van der Waals surface area contributed by atoms with Crippen LogP contribution in [0.4, 0.5) is 0 Å². The molecule has 0 unspecified atom stereocenters. The van der Waals surface area contributed by atoms with Crippen molar-refractivity contribution in [3.05, 3.63) is 76.5 Å². The molecule has 4 aromatic rings. The van der Waals surface area contributed by atoms with Crippen molar-refractivity contribution in [1.29, 1.82) is 0 Å². The molecule has 4 rings (SSSR count). The van der Waals surface area contributed by atoms with E-state index in [-0.39, 0.29) is 18.4 Å². The van der Waals surface area contributed by atoms with Gasteiger partial charge in [-0.15, -0.1) is 11.3 Å². The smallest absolute Gasteiger partial charge is 0.226 e. The number of carbonyl (C=O) groups excluding carboxylic acids is 1. The van der Waals surface area contributed by atoms with Gasteiger partial charge in [-0.3, -0.25) is 4.79 Å². The maximum absolute atomic E-state index is 12.4. The second-order valence-corrected chi connectivity index (χ2v) is 7.82. The minimum absolute atomic E-state index is 0.0247. The fraction of sp³-hybridized carbons (Fsp3) is 0.150. The van der Waals surface area contributed by atoms with Crippen LogP contribution in [0.15, 0.2) is 65.2 Å². The number of thiophene rings is 1. The third kappa shape index (κ3) is 4.15. The first-order valence-electron chi connectivity index (χ1n) is 8.53. The van der Waals surface area contributed by atoms with E-state index in [1.165, 1.54) is 0 Å². The number of hydrogen-bond acceptors (Lipinski definition) is 5. The van der Waals surface area contributed by atoms with Gasteiger partial charge in [-0.25, -0.2) is 9.97 Å². The summed E-state index contributed by atoms with van der Waals surface area (Å²) in [5.74, 6) is -0.0247. The molecule has 136 valence electrons. The molecule has 1 N–H and O–H groups in total. The summed E-state index contributed by atoms with van der Waals surface area (Å²) in [4.78, 5) is 21.0. The lowest BCUT2D eigenvalue weighted by molar-refractivity contribution is -0.121. The van der Waals surface area contributed by atoms with E-state index < -0.39 is 0 Å². The summed E-state index contributed by atoms with van der Waals surface area (Å²) in [5.41, 5.74) is 4.02. The van der Waals surface area contributed by atoms with Gasteiger partial charge in [-0.2, -0.15) is 11.3 Å². The van der Waals surface area contributed by atoms with E-state index in [1.54, 1.807) is 35.2 Å². The Labute approximate surface area is 165 Å². The second kappa shape index (κ2) is 7.85. The quantitative estimate of drug-likeness (QED) is 0.525. The summed E-state index contributed by atoms with van der Waals surface area (Å²) in [6.45, 7) is 1.99. The van der Waals surface area contributed by atoms with Crippen molar-refractivity contribution in [1.82, 2.24) is 19.9 Å². The van der Waals surface area contributed by atoms with Gasteiger partial charge in [0.25, 0.3) is 0 Å². The Hall–Kier alpha value is -2.77. The lowest BCUT2D eigenvalue weighted by atomic mass is 10.1. The zero-order valence-electron chi connectivity index (χ0n) is 14.7. The zero-order valence-corrected chi connectivity index (χ0v) is 16.3. The van der Waals surface area contributed by atoms with Crippen molar-refractivity contribution in [3.63, 3.8) is 0 Å². The number of aromatic nitrogens is 3. The number of thiazole rings is 1. The van der Waals surface area contributed by atoms with Crippen LogP contribution in [0, 0.1) is 0 Å². The fourth-order valence-corrected chi connectivity index (χ4v) is 4.33. The molecular weight excluding hydrogens is 376 g/mol. The molecule has 27 heavy (non-hydrogen) atoms. The minimum atomic E-state index is -0.0654. The number of imidazole rings is 1. The third-order valence-corrected chi connectivity index (χ3v) is 5.86. The Morgan fingerprint density at radius 3 is 2.78 bits per heavy atom. The third-order valence-electron chi connectivity index (χ3n) is 4.23. The van der Waals surface area contributed by atoms with Crippen molar-refractivity contribution in [3.8, 4) is 16.3 Å². The van der Waals surface area contributed by atoms with Crippen molar-refractivity contribution in [2.24, 2.45) is 0 Å². The van der Waals surface area contributed by atoms with E-state index in [4.69, 9.17) is 0 Å². The maximum atomic E-state index is 12.4. The van der Waals surface area contributed by atoms with Gasteiger partial charge in [0.15, 0.2) is 0 Å². The largest absolute Gasteiger partial charge is 0.349 e. The van der Waals surface area contributed by atoms with E-state index in [2.05, 4.69) is 20.7 Å². The van der Waals surface area contributed by atoms with E-state index in [0.29, 0.717) is 0 Å². The number of hydrogen-bond donors (Lipinski definition) is 1. The molecule has 0 aliphatic carbocycles. The molecule has 1 amide bonds. The van der Waals surface area contributed by atoms with Crippen LogP contribution in [0.2, 0.25) is 0 Å². The normalized spacial score (nSPS) is 12.0. The number of amides is 1. The summed E-state index contributed by atoms with van der Waals surface area (Å²) in [6.07, 6.45) is 5.70. The molecule has 1 atom stereocenters. The Morgan fingerprint density at radius 2 is 2.07 bits per heavy atom. The van der Waals surface area contributed by atoms with Crippen molar-refractivity contribution >= 4 is 28.6 Å². The van der Waals surface area contributed by atoms with Crippen LogP contribution in [0.1, 0.15) is 24.2 Å². The average Bonchev–Trinajstić information content (AvgIpc) is 3.43. The van der Waals surface area contributed by atoms with Gasteiger partial charge in [0.05, 0.1) is 24.5 Å². The van der Waals surface area contributed by atoms with Gasteiger partial charge >= 0.3 is 0 Å². The Morgan fingerprint density at radius 1 is 1.22 bits per heavy atom. The van der Waals surface area contributed by atoms with Crippen LogP contribution in [0.5, 0.6) is 0 Å². The van der Waals surface area contributed by atoms with Crippen molar-refractivity contribution in [2.45, 2.75) is 19.4 Å². The topological polar surface area (TPSA) is 59.8 Å². The highest BCUT2D eigenvalue weighted by Crippen LogP contribution is 2.26. The summed E-state index contributed by atoms with van der Waals surface area (Å²) >= 11 is 3.22. The number of benzene rings is 1. The maximum Gasteiger partial charge on any atom is 0.226 e. The van der Waals surface area contributed by atoms with E-state index in [1.807, 2.05) is 58.8 Å². The number of nitrogens with one attached hydrogen (secondary N) is 1. The number of nitrogens with zero attached hydrogens (tertiary/aromatic N) is 3. The molecule has 0 bridgehead atoms. The van der Waals surface area contributed by atoms with Crippen molar-refractivity contribution < 1.29 is 4.79 Å². The highest BCUT2D eigenvalue weighted by Gasteiger charge is 2.13. The molecule has 0 spiro atoms. The zero-order chi connectivity index (χ0) is 18.6. The second-order valence-electron chi connectivity index (χ2n) is 6.18. The molecule has 0 saturated carbocycles. The van der Waals surface area contributed by atoms with Crippen LogP contribution in [-0.4, -0.2) is 20.4 Å². The molecule has 7 heteroatoms. The molecule has 0 aliphatic rings. The van der Waals surface area contributed by atoms with Gasteiger partial charge in [0.1, 0.15) is 5.01 Å². The molecule has 0 fully saturated rings. The number of rotatable bonds is 6. The summed E-state index contributed by atoms with van der Waals surface area (Å²) in [5, 5.41) is 10.1. The molecule has 0 aliphatic heterocycles. The lowest BCUT2D eigenvalue weighted by Gasteiger charge is -2.14. The molecule has 0 saturated heterocycles. The van der Waals surface area contributed by atoms with Crippen LogP contribution in [0.25, 0.3) is 16.3 Å². The van der Waals surface area contributed by atoms with Gasteiger partial charge in [-0.05, 0) is 36.1 Å².